The number of hydrogen-bond donors (Lipinski definition) is 5. The fourth-order valence-electron chi connectivity index (χ4n) is 4.12. The Kier molecular flexibility index (Phi) is 6.95. The van der Waals surface area contributed by atoms with Crippen LogP contribution in [0, 0.1) is 6.92 Å². The number of rotatable bonds is 8. The van der Waals surface area contributed by atoms with Crippen molar-refractivity contribution in [1.82, 2.24) is 21.4 Å². The van der Waals surface area contributed by atoms with E-state index in [2.05, 4.69) is 31.8 Å². The third kappa shape index (κ3) is 5.55. The SMILES string of the molecule is COc1ccc2c(c1)C(=O)NC(C)(NCCC(C)NC(=O)c1cc(C)ccc1N1N=CC(C)N1)N2. The van der Waals surface area contributed by atoms with Crippen LogP contribution in [0.2, 0.25) is 0 Å². The lowest BCUT2D eigenvalue weighted by molar-refractivity contribution is 0.0890. The van der Waals surface area contributed by atoms with Gasteiger partial charge >= 0.3 is 0 Å². The molecule has 3 atom stereocenters. The lowest BCUT2D eigenvalue weighted by atomic mass is 10.1. The number of anilines is 2. The number of amides is 2. The molecule has 4 rings (SSSR count). The first-order chi connectivity index (χ1) is 16.7. The number of aryl methyl sites for hydroxylation is 1. The molecule has 2 amide bonds. The molecule has 0 aliphatic carbocycles. The second-order valence-corrected chi connectivity index (χ2v) is 9.22. The van der Waals surface area contributed by atoms with Gasteiger partial charge in [0.15, 0.2) is 5.79 Å². The minimum Gasteiger partial charge on any atom is -0.497 e. The van der Waals surface area contributed by atoms with Crippen LogP contribution in [0.25, 0.3) is 0 Å². The molecule has 0 spiro atoms. The third-order valence-corrected chi connectivity index (χ3v) is 6.01. The zero-order valence-electron chi connectivity index (χ0n) is 20.7. The Morgan fingerprint density at radius 1 is 1.26 bits per heavy atom. The number of methoxy groups -OCH3 is 1. The second-order valence-electron chi connectivity index (χ2n) is 9.22. The van der Waals surface area contributed by atoms with Gasteiger partial charge in [-0.3, -0.25) is 14.9 Å². The molecule has 0 aromatic heterocycles. The third-order valence-electron chi connectivity index (χ3n) is 6.01. The minimum absolute atomic E-state index is 0.0986. The zero-order valence-corrected chi connectivity index (χ0v) is 20.7. The van der Waals surface area contributed by atoms with Gasteiger partial charge in [0.2, 0.25) is 0 Å². The first-order valence-electron chi connectivity index (χ1n) is 11.7. The molecule has 2 aromatic carbocycles. The van der Waals surface area contributed by atoms with Crippen LogP contribution < -0.4 is 36.5 Å². The molecule has 0 bridgehead atoms. The van der Waals surface area contributed by atoms with Crippen molar-refractivity contribution in [3.05, 3.63) is 53.1 Å². The predicted octanol–water partition coefficient (Wildman–Crippen LogP) is 2.33. The molecule has 186 valence electrons. The number of hydrazine groups is 1. The number of nitrogens with zero attached hydrogens (tertiary/aromatic N) is 2. The predicted molar refractivity (Wildman–Crippen MR) is 137 cm³/mol. The maximum absolute atomic E-state index is 13.1. The highest BCUT2D eigenvalue weighted by atomic mass is 16.5. The van der Waals surface area contributed by atoms with Crippen LogP contribution in [0.3, 0.4) is 0 Å². The van der Waals surface area contributed by atoms with Crippen LogP contribution in [0.4, 0.5) is 11.4 Å². The lowest BCUT2D eigenvalue weighted by Gasteiger charge is -2.38. The smallest absolute Gasteiger partial charge is 0.256 e. The summed E-state index contributed by atoms with van der Waals surface area (Å²) >= 11 is 0. The molecule has 0 saturated heterocycles. The van der Waals surface area contributed by atoms with Gasteiger partial charge in [0.25, 0.3) is 11.8 Å². The number of benzene rings is 2. The lowest BCUT2D eigenvalue weighted by Crippen LogP contribution is -2.64. The van der Waals surface area contributed by atoms with Crippen LogP contribution in [-0.2, 0) is 0 Å². The Balaban J connectivity index is 1.34. The standard InChI is InChI=1S/C25H33N7O3/c1-15-6-9-22(32-27-14-17(3)31-32)20(12-15)23(33)28-16(2)10-11-26-25(4)29-21-8-7-18(35-5)13-19(21)24(34)30-25/h6-9,12-14,16-17,26,29,31H,10-11H2,1-5H3,(H,28,33)(H,30,34). The average molecular weight is 480 g/mol. The van der Waals surface area contributed by atoms with Gasteiger partial charge in [-0.2, -0.15) is 10.2 Å². The quantitative estimate of drug-likeness (QED) is 0.394. The van der Waals surface area contributed by atoms with E-state index in [0.717, 1.165) is 11.3 Å². The Morgan fingerprint density at radius 3 is 2.77 bits per heavy atom. The van der Waals surface area contributed by atoms with Crippen LogP contribution >= 0.6 is 0 Å². The molecule has 2 aromatic rings. The Hall–Kier alpha value is -3.63. The van der Waals surface area contributed by atoms with Gasteiger partial charge in [0, 0.05) is 24.5 Å². The van der Waals surface area contributed by atoms with Gasteiger partial charge in [0.1, 0.15) is 5.75 Å². The van der Waals surface area contributed by atoms with E-state index < -0.39 is 5.79 Å². The van der Waals surface area contributed by atoms with Crippen molar-refractivity contribution >= 4 is 29.4 Å². The summed E-state index contributed by atoms with van der Waals surface area (Å²) in [6.45, 7) is 8.33. The maximum Gasteiger partial charge on any atom is 0.256 e. The summed E-state index contributed by atoms with van der Waals surface area (Å²) in [5, 5.41) is 18.7. The highest BCUT2D eigenvalue weighted by molar-refractivity contribution is 6.02. The first kappa shape index (κ1) is 24.5. The Bertz CT molecular complexity index is 1150. The number of hydrazone groups is 1. The van der Waals surface area contributed by atoms with Gasteiger partial charge in [-0.1, -0.05) is 11.6 Å². The highest BCUT2D eigenvalue weighted by Gasteiger charge is 2.33. The topological polar surface area (TPSA) is 119 Å². The van der Waals surface area contributed by atoms with E-state index in [1.165, 1.54) is 0 Å². The summed E-state index contributed by atoms with van der Waals surface area (Å²) in [4.78, 5) is 25.7. The van der Waals surface area contributed by atoms with E-state index in [1.54, 1.807) is 24.5 Å². The molecule has 10 heteroatoms. The van der Waals surface area contributed by atoms with E-state index in [-0.39, 0.29) is 23.9 Å². The summed E-state index contributed by atoms with van der Waals surface area (Å²) in [5.74, 6) is -0.540. The van der Waals surface area contributed by atoms with Crippen molar-refractivity contribution in [2.24, 2.45) is 5.10 Å². The van der Waals surface area contributed by atoms with E-state index in [9.17, 15) is 9.59 Å². The van der Waals surface area contributed by atoms with Crippen molar-refractivity contribution in [2.75, 3.05) is 24.1 Å². The average Bonchev–Trinajstić information content (AvgIpc) is 3.24. The first-order valence-corrected chi connectivity index (χ1v) is 11.7. The van der Waals surface area contributed by atoms with E-state index in [4.69, 9.17) is 4.74 Å². The van der Waals surface area contributed by atoms with Crippen molar-refractivity contribution in [1.29, 1.82) is 0 Å². The molecule has 3 unspecified atom stereocenters. The number of hydrogen-bond acceptors (Lipinski definition) is 8. The van der Waals surface area contributed by atoms with Crippen molar-refractivity contribution in [3.8, 4) is 5.75 Å². The van der Waals surface area contributed by atoms with Crippen molar-refractivity contribution in [3.63, 3.8) is 0 Å². The van der Waals surface area contributed by atoms with E-state index in [1.807, 2.05) is 58.0 Å². The van der Waals surface area contributed by atoms with Crippen LogP contribution in [0.5, 0.6) is 5.75 Å². The molecular weight excluding hydrogens is 446 g/mol. The number of ether oxygens (including phenoxy) is 1. The number of carbonyl (C=O) groups excluding carboxylic acids is 2. The second kappa shape index (κ2) is 9.93. The van der Waals surface area contributed by atoms with Crippen molar-refractivity contribution < 1.29 is 14.3 Å². The van der Waals surface area contributed by atoms with E-state index in [0.29, 0.717) is 35.5 Å². The summed E-state index contributed by atoms with van der Waals surface area (Å²) in [7, 11) is 1.57. The maximum atomic E-state index is 13.1. The van der Waals surface area contributed by atoms with Gasteiger partial charge in [-0.25, -0.2) is 5.43 Å². The van der Waals surface area contributed by atoms with Gasteiger partial charge in [0.05, 0.1) is 30.0 Å². The fourth-order valence-corrected chi connectivity index (χ4v) is 4.12. The minimum atomic E-state index is -0.817. The molecule has 2 aliphatic heterocycles. The largest absolute Gasteiger partial charge is 0.497 e. The molecule has 10 nitrogen and oxygen atoms in total. The summed E-state index contributed by atoms with van der Waals surface area (Å²) < 4.78 is 5.21. The van der Waals surface area contributed by atoms with Crippen LogP contribution in [0.1, 0.15) is 53.5 Å². The number of nitrogens with one attached hydrogen (secondary N) is 5. The van der Waals surface area contributed by atoms with Gasteiger partial charge in [-0.15, -0.1) is 0 Å². The number of fused-ring (bicyclic) bond motifs is 1. The highest BCUT2D eigenvalue weighted by Crippen LogP contribution is 2.27. The summed E-state index contributed by atoms with van der Waals surface area (Å²) in [5.41, 5.74) is 6.72. The monoisotopic (exact) mass is 479 g/mol. The number of carbonyl (C=O) groups is 2. The summed E-state index contributed by atoms with van der Waals surface area (Å²) in [6.07, 6.45) is 2.45. The molecule has 0 saturated carbocycles. The van der Waals surface area contributed by atoms with Crippen LogP contribution in [0.15, 0.2) is 41.5 Å². The Labute approximate surface area is 205 Å². The molecule has 35 heavy (non-hydrogen) atoms. The molecule has 2 heterocycles. The zero-order chi connectivity index (χ0) is 25.2. The van der Waals surface area contributed by atoms with Gasteiger partial charge < -0.3 is 20.7 Å². The summed E-state index contributed by atoms with van der Waals surface area (Å²) in [6, 6.07) is 11.1. The fraction of sp³-hybridized carbons (Fsp3) is 0.400. The van der Waals surface area contributed by atoms with Gasteiger partial charge in [-0.05, 0) is 64.4 Å². The van der Waals surface area contributed by atoms with E-state index >= 15 is 0 Å². The molecule has 5 N–H and O–H groups in total. The molecule has 0 fully saturated rings. The van der Waals surface area contributed by atoms with Crippen LogP contribution in [-0.4, -0.2) is 49.6 Å². The molecule has 2 aliphatic rings. The molecular formula is C25H33N7O3. The van der Waals surface area contributed by atoms with Crippen molar-refractivity contribution in [2.45, 2.75) is 52.0 Å². The Morgan fingerprint density at radius 2 is 2.06 bits per heavy atom. The molecule has 0 radical (unpaired) electrons. The normalized spacial score (nSPS) is 21.7.